The number of hydrogen-bond acceptors (Lipinski definition) is 4. The van der Waals surface area contributed by atoms with Crippen LogP contribution >= 0.6 is 11.6 Å². The van der Waals surface area contributed by atoms with Crippen LogP contribution in [0.25, 0.3) is 0 Å². The fourth-order valence-electron chi connectivity index (χ4n) is 3.32. The molecule has 0 aromatic heterocycles. The van der Waals surface area contributed by atoms with Gasteiger partial charge < -0.3 is 10.1 Å². The normalized spacial score (nSPS) is 12.2. The number of carbonyl (C=O) groups is 1. The highest BCUT2D eigenvalue weighted by molar-refractivity contribution is 7.92. The van der Waals surface area contributed by atoms with Crippen molar-refractivity contribution in [1.82, 2.24) is 5.32 Å². The molecule has 0 bridgehead atoms. The van der Waals surface area contributed by atoms with Crippen molar-refractivity contribution < 1.29 is 17.9 Å². The molecule has 0 aliphatic rings. The van der Waals surface area contributed by atoms with Crippen LogP contribution in [0, 0.1) is 13.8 Å². The number of aryl methyl sites for hydroxylation is 2. The molecule has 6 nitrogen and oxygen atoms in total. The first-order chi connectivity index (χ1) is 15.6. The third kappa shape index (κ3) is 5.86. The number of anilines is 1. The molecule has 3 rings (SSSR count). The monoisotopic (exact) mass is 486 g/mol. The van der Waals surface area contributed by atoms with Crippen LogP contribution in [0.4, 0.5) is 5.69 Å². The van der Waals surface area contributed by atoms with Crippen molar-refractivity contribution in [2.24, 2.45) is 0 Å². The number of hydrogen-bond donors (Lipinski definition) is 1. The summed E-state index contributed by atoms with van der Waals surface area (Å²) in [6, 6.07) is 18.2. The average Bonchev–Trinajstić information content (AvgIpc) is 2.79. The minimum Gasteiger partial charge on any atom is -0.497 e. The Hall–Kier alpha value is -3.03. The smallest absolute Gasteiger partial charge is 0.264 e. The molecule has 0 heterocycles. The molecule has 0 spiro atoms. The van der Waals surface area contributed by atoms with Gasteiger partial charge in [-0.2, -0.15) is 0 Å². The Kier molecular flexibility index (Phi) is 7.66. The quantitative estimate of drug-likeness (QED) is 0.484. The molecule has 0 fully saturated rings. The van der Waals surface area contributed by atoms with Crippen molar-refractivity contribution in [3.8, 4) is 5.75 Å². The van der Waals surface area contributed by atoms with Crippen molar-refractivity contribution in [1.29, 1.82) is 0 Å². The van der Waals surface area contributed by atoms with Crippen molar-refractivity contribution in [3.05, 3.63) is 88.4 Å². The summed E-state index contributed by atoms with van der Waals surface area (Å²) in [6.07, 6.45) is 0. The zero-order valence-electron chi connectivity index (χ0n) is 19.0. The van der Waals surface area contributed by atoms with E-state index >= 15 is 0 Å². The maximum atomic E-state index is 13.5. The number of benzene rings is 3. The molecule has 3 aromatic rings. The van der Waals surface area contributed by atoms with Crippen LogP contribution in [-0.2, 0) is 14.8 Å². The van der Waals surface area contributed by atoms with E-state index in [-0.39, 0.29) is 17.5 Å². The number of sulfonamides is 1. The van der Waals surface area contributed by atoms with E-state index in [1.165, 1.54) is 24.3 Å². The van der Waals surface area contributed by atoms with Crippen LogP contribution in [0.1, 0.15) is 29.7 Å². The van der Waals surface area contributed by atoms with Gasteiger partial charge >= 0.3 is 0 Å². The van der Waals surface area contributed by atoms with Crippen LogP contribution in [0.15, 0.2) is 71.6 Å². The lowest BCUT2D eigenvalue weighted by Gasteiger charge is -2.26. The number of methoxy groups -OCH3 is 1. The molecule has 0 saturated carbocycles. The Morgan fingerprint density at radius 2 is 1.64 bits per heavy atom. The van der Waals surface area contributed by atoms with Crippen LogP contribution < -0.4 is 14.4 Å². The fraction of sp³-hybridized carbons (Fsp3) is 0.240. The molecule has 0 aliphatic heterocycles. The van der Waals surface area contributed by atoms with Gasteiger partial charge in [0, 0.05) is 5.02 Å². The average molecular weight is 487 g/mol. The molecule has 3 aromatic carbocycles. The minimum absolute atomic E-state index is 0.0566. The Balaban J connectivity index is 1.89. The molecular weight excluding hydrogens is 460 g/mol. The number of ether oxygens (including phenoxy) is 1. The summed E-state index contributed by atoms with van der Waals surface area (Å²) in [4.78, 5) is 13.0. The number of nitrogens with one attached hydrogen (secondary N) is 1. The predicted molar refractivity (Wildman–Crippen MR) is 131 cm³/mol. The van der Waals surface area contributed by atoms with Gasteiger partial charge in [-0.25, -0.2) is 8.42 Å². The Labute approximate surface area is 200 Å². The minimum atomic E-state index is -4.01. The number of amides is 1. The van der Waals surface area contributed by atoms with E-state index in [4.69, 9.17) is 16.3 Å². The van der Waals surface area contributed by atoms with E-state index in [0.717, 1.165) is 21.0 Å². The van der Waals surface area contributed by atoms with Gasteiger partial charge in [-0.1, -0.05) is 29.8 Å². The summed E-state index contributed by atoms with van der Waals surface area (Å²) in [5.41, 5.74) is 3.25. The van der Waals surface area contributed by atoms with Gasteiger partial charge in [0.2, 0.25) is 5.91 Å². The lowest BCUT2D eigenvalue weighted by Crippen LogP contribution is -2.41. The highest BCUT2D eigenvalue weighted by Gasteiger charge is 2.28. The molecule has 0 unspecified atom stereocenters. The molecule has 174 valence electrons. The van der Waals surface area contributed by atoms with Gasteiger partial charge in [0.15, 0.2) is 0 Å². The van der Waals surface area contributed by atoms with E-state index < -0.39 is 15.9 Å². The highest BCUT2D eigenvalue weighted by atomic mass is 35.5. The molecule has 33 heavy (non-hydrogen) atoms. The zero-order chi connectivity index (χ0) is 24.2. The zero-order valence-corrected chi connectivity index (χ0v) is 20.6. The summed E-state index contributed by atoms with van der Waals surface area (Å²) in [7, 11) is -2.42. The summed E-state index contributed by atoms with van der Waals surface area (Å²) < 4.78 is 33.3. The van der Waals surface area contributed by atoms with E-state index in [1.54, 1.807) is 19.2 Å². The standard InChI is InChI=1S/C25H27ClN2O4S/c1-17-5-10-22(15-18(17)2)28(33(30,31)24-13-8-21(26)9-14-24)16-25(29)27-19(3)20-6-11-23(32-4)12-7-20/h5-15,19H,16H2,1-4H3,(H,27,29)/t19-/m0/s1. The van der Waals surface area contributed by atoms with E-state index in [2.05, 4.69) is 5.32 Å². The first-order valence-electron chi connectivity index (χ1n) is 10.4. The van der Waals surface area contributed by atoms with Gasteiger partial charge in [-0.15, -0.1) is 0 Å². The second-order valence-corrected chi connectivity index (χ2v) is 10.1. The third-order valence-corrected chi connectivity index (χ3v) is 7.50. The number of rotatable bonds is 8. The van der Waals surface area contributed by atoms with Gasteiger partial charge in [-0.05, 0) is 86.0 Å². The van der Waals surface area contributed by atoms with E-state index in [9.17, 15) is 13.2 Å². The van der Waals surface area contributed by atoms with Crippen molar-refractivity contribution in [3.63, 3.8) is 0 Å². The maximum absolute atomic E-state index is 13.5. The third-order valence-electron chi connectivity index (χ3n) is 5.46. The van der Waals surface area contributed by atoms with Crippen molar-refractivity contribution >= 4 is 33.2 Å². The predicted octanol–water partition coefficient (Wildman–Crippen LogP) is 5.04. The van der Waals surface area contributed by atoms with Crippen LogP contribution in [0.5, 0.6) is 5.75 Å². The van der Waals surface area contributed by atoms with E-state index in [0.29, 0.717) is 16.5 Å². The lowest BCUT2D eigenvalue weighted by atomic mass is 10.1. The van der Waals surface area contributed by atoms with Crippen LogP contribution in [-0.4, -0.2) is 28.0 Å². The molecule has 8 heteroatoms. The Morgan fingerprint density at radius 1 is 1.00 bits per heavy atom. The van der Waals surface area contributed by atoms with Crippen LogP contribution in [0.3, 0.4) is 0 Å². The van der Waals surface area contributed by atoms with Gasteiger partial charge in [0.25, 0.3) is 10.0 Å². The van der Waals surface area contributed by atoms with Crippen LogP contribution in [0.2, 0.25) is 5.02 Å². The van der Waals surface area contributed by atoms with Gasteiger partial charge in [0.1, 0.15) is 12.3 Å². The molecule has 1 amide bonds. The lowest BCUT2D eigenvalue weighted by molar-refractivity contribution is -0.120. The molecule has 1 N–H and O–H groups in total. The maximum Gasteiger partial charge on any atom is 0.264 e. The highest BCUT2D eigenvalue weighted by Crippen LogP contribution is 2.27. The van der Waals surface area contributed by atoms with Crippen molar-refractivity contribution in [2.75, 3.05) is 18.0 Å². The Bertz CT molecular complexity index is 1230. The summed E-state index contributed by atoms with van der Waals surface area (Å²) in [5, 5.41) is 3.31. The van der Waals surface area contributed by atoms with Crippen molar-refractivity contribution in [2.45, 2.75) is 31.7 Å². The fourth-order valence-corrected chi connectivity index (χ4v) is 4.86. The molecule has 1 atom stereocenters. The molecular formula is C25H27ClN2O4S. The number of nitrogens with zero attached hydrogens (tertiary/aromatic N) is 1. The second kappa shape index (κ2) is 10.3. The van der Waals surface area contributed by atoms with Gasteiger partial charge in [0.05, 0.1) is 23.7 Å². The first kappa shape index (κ1) is 24.6. The van der Waals surface area contributed by atoms with Gasteiger partial charge in [-0.3, -0.25) is 9.10 Å². The second-order valence-electron chi connectivity index (χ2n) is 7.80. The molecule has 0 aliphatic carbocycles. The topological polar surface area (TPSA) is 75.7 Å². The molecule has 0 radical (unpaired) electrons. The summed E-state index contributed by atoms with van der Waals surface area (Å²) in [6.45, 7) is 5.32. The number of carbonyl (C=O) groups excluding carboxylic acids is 1. The molecule has 0 saturated heterocycles. The summed E-state index contributed by atoms with van der Waals surface area (Å²) >= 11 is 5.93. The SMILES string of the molecule is COc1ccc([C@H](C)NC(=O)CN(c2ccc(C)c(C)c2)S(=O)(=O)c2ccc(Cl)cc2)cc1. The van der Waals surface area contributed by atoms with E-state index in [1.807, 2.05) is 51.1 Å². The largest absolute Gasteiger partial charge is 0.497 e. The Morgan fingerprint density at radius 3 is 2.21 bits per heavy atom. The summed E-state index contributed by atoms with van der Waals surface area (Å²) in [5.74, 6) is 0.293. The first-order valence-corrected chi connectivity index (χ1v) is 12.2. The number of halogens is 1.